The molecule has 0 unspecified atom stereocenters. The van der Waals surface area contributed by atoms with Gasteiger partial charge in [-0.2, -0.15) is 5.10 Å². The lowest BCUT2D eigenvalue weighted by Crippen LogP contribution is -2.38. The Kier molecular flexibility index (Phi) is 5.57. The zero-order chi connectivity index (χ0) is 21.3. The minimum Gasteiger partial charge on any atom is -0.361 e. The van der Waals surface area contributed by atoms with Crippen LogP contribution in [0, 0.1) is 13.8 Å². The first-order valence-corrected chi connectivity index (χ1v) is 10.4. The van der Waals surface area contributed by atoms with Crippen molar-refractivity contribution in [2.24, 2.45) is 7.05 Å². The summed E-state index contributed by atoms with van der Waals surface area (Å²) < 4.78 is 8.27. The summed E-state index contributed by atoms with van der Waals surface area (Å²) in [5.41, 5.74) is 2.56. The highest BCUT2D eigenvalue weighted by Gasteiger charge is 2.28. The Morgan fingerprint density at radius 2 is 1.87 bits per heavy atom. The topological polar surface area (TPSA) is 86.2 Å². The molecule has 8 heteroatoms. The molecule has 30 heavy (non-hydrogen) atoms. The Bertz CT molecular complexity index is 1070. The summed E-state index contributed by atoms with van der Waals surface area (Å²) in [6, 6.07) is 9.59. The molecule has 1 amide bonds. The summed E-state index contributed by atoms with van der Waals surface area (Å²) >= 11 is 0. The molecule has 0 aliphatic carbocycles. The highest BCUT2D eigenvalue weighted by molar-refractivity contribution is 5.76. The second kappa shape index (κ2) is 8.30. The molecular formula is C22H27N5O3. The highest BCUT2D eigenvalue weighted by Crippen LogP contribution is 2.28. The van der Waals surface area contributed by atoms with E-state index in [2.05, 4.69) is 10.3 Å². The molecule has 0 bridgehead atoms. The van der Waals surface area contributed by atoms with E-state index in [0.717, 1.165) is 41.4 Å². The Morgan fingerprint density at radius 3 is 2.50 bits per heavy atom. The number of carbonyl (C=O) groups excluding carboxylic acids is 1. The van der Waals surface area contributed by atoms with Crippen LogP contribution in [0.1, 0.15) is 48.0 Å². The van der Waals surface area contributed by atoms with Crippen LogP contribution in [0.15, 0.2) is 39.6 Å². The van der Waals surface area contributed by atoms with Gasteiger partial charge in [-0.1, -0.05) is 23.4 Å². The van der Waals surface area contributed by atoms with E-state index in [1.807, 2.05) is 49.1 Å². The second-order valence-electron chi connectivity index (χ2n) is 7.89. The Hall–Kier alpha value is -3.16. The maximum Gasteiger partial charge on any atom is 0.350 e. The molecule has 0 saturated carbocycles. The molecule has 1 saturated heterocycles. The van der Waals surface area contributed by atoms with Gasteiger partial charge in [0.1, 0.15) is 11.6 Å². The van der Waals surface area contributed by atoms with E-state index in [-0.39, 0.29) is 17.5 Å². The first-order chi connectivity index (χ1) is 14.5. The smallest absolute Gasteiger partial charge is 0.350 e. The maximum absolute atomic E-state index is 12.7. The molecule has 158 valence electrons. The van der Waals surface area contributed by atoms with E-state index >= 15 is 0 Å². The van der Waals surface area contributed by atoms with Crippen LogP contribution < -0.4 is 5.69 Å². The van der Waals surface area contributed by atoms with Crippen molar-refractivity contribution in [1.82, 2.24) is 24.4 Å². The molecule has 0 spiro atoms. The van der Waals surface area contributed by atoms with Crippen LogP contribution in [0.25, 0.3) is 5.69 Å². The van der Waals surface area contributed by atoms with Crippen LogP contribution in [0.5, 0.6) is 0 Å². The third-order valence-electron chi connectivity index (χ3n) is 5.95. The SMILES string of the molecule is Cc1noc(C)c1CCC(=O)N1CCC(c2nn(C)c(=O)n2-c2ccccc2)CC1. The van der Waals surface area contributed by atoms with Crippen molar-refractivity contribution in [3.63, 3.8) is 0 Å². The quantitative estimate of drug-likeness (QED) is 0.646. The highest BCUT2D eigenvalue weighted by atomic mass is 16.5. The number of likely N-dealkylation sites (tertiary alicyclic amines) is 1. The summed E-state index contributed by atoms with van der Waals surface area (Å²) in [6.45, 7) is 5.13. The number of nitrogens with zero attached hydrogens (tertiary/aromatic N) is 5. The largest absolute Gasteiger partial charge is 0.361 e. The van der Waals surface area contributed by atoms with Crippen molar-refractivity contribution in [3.8, 4) is 5.69 Å². The summed E-state index contributed by atoms with van der Waals surface area (Å²) in [5, 5.41) is 8.47. The molecule has 3 aromatic rings. The molecule has 1 aliphatic heterocycles. The number of benzene rings is 1. The van der Waals surface area contributed by atoms with Crippen LogP contribution in [-0.2, 0) is 18.3 Å². The molecule has 4 rings (SSSR count). The number of piperidine rings is 1. The van der Waals surface area contributed by atoms with Gasteiger partial charge in [0.05, 0.1) is 11.4 Å². The number of aromatic nitrogens is 4. The number of amides is 1. The second-order valence-corrected chi connectivity index (χ2v) is 7.89. The van der Waals surface area contributed by atoms with Gasteiger partial charge < -0.3 is 9.42 Å². The fraction of sp³-hybridized carbons (Fsp3) is 0.455. The van der Waals surface area contributed by atoms with Gasteiger partial charge in [-0.05, 0) is 45.2 Å². The van der Waals surface area contributed by atoms with E-state index in [4.69, 9.17) is 4.52 Å². The van der Waals surface area contributed by atoms with E-state index < -0.39 is 0 Å². The summed E-state index contributed by atoms with van der Waals surface area (Å²) in [6.07, 6.45) is 2.68. The lowest BCUT2D eigenvalue weighted by Gasteiger charge is -2.31. The number of aryl methyl sites for hydroxylation is 3. The van der Waals surface area contributed by atoms with Gasteiger partial charge in [0.15, 0.2) is 0 Å². The van der Waals surface area contributed by atoms with Gasteiger partial charge in [0.25, 0.3) is 0 Å². The average molecular weight is 409 g/mol. The van der Waals surface area contributed by atoms with E-state index in [1.165, 1.54) is 4.68 Å². The molecule has 1 aliphatic rings. The van der Waals surface area contributed by atoms with Crippen LogP contribution >= 0.6 is 0 Å². The van der Waals surface area contributed by atoms with E-state index in [9.17, 15) is 9.59 Å². The fourth-order valence-electron chi connectivity index (χ4n) is 4.20. The fourth-order valence-corrected chi connectivity index (χ4v) is 4.20. The van der Waals surface area contributed by atoms with Crippen LogP contribution in [-0.4, -0.2) is 43.4 Å². The predicted molar refractivity (Wildman–Crippen MR) is 112 cm³/mol. The Labute approximate surface area is 175 Å². The van der Waals surface area contributed by atoms with Crippen molar-refractivity contribution in [2.45, 2.75) is 45.4 Å². The van der Waals surface area contributed by atoms with Crippen LogP contribution in [0.3, 0.4) is 0 Å². The molecule has 2 aromatic heterocycles. The Balaban J connectivity index is 1.42. The first kappa shape index (κ1) is 20.1. The molecule has 1 aromatic carbocycles. The van der Waals surface area contributed by atoms with Gasteiger partial charge in [0, 0.05) is 38.0 Å². The van der Waals surface area contributed by atoms with Crippen LogP contribution in [0.4, 0.5) is 0 Å². The normalized spacial score (nSPS) is 15.0. The summed E-state index contributed by atoms with van der Waals surface area (Å²) in [5.74, 6) is 1.85. The van der Waals surface area contributed by atoms with Crippen molar-refractivity contribution >= 4 is 5.91 Å². The monoisotopic (exact) mass is 409 g/mol. The molecule has 3 heterocycles. The Morgan fingerprint density at radius 1 is 1.17 bits per heavy atom. The third-order valence-corrected chi connectivity index (χ3v) is 5.95. The summed E-state index contributed by atoms with van der Waals surface area (Å²) in [7, 11) is 1.68. The van der Waals surface area contributed by atoms with Crippen LogP contribution in [0.2, 0.25) is 0 Å². The van der Waals surface area contributed by atoms with Crippen molar-refractivity contribution in [2.75, 3.05) is 13.1 Å². The minimum atomic E-state index is -0.144. The van der Waals surface area contributed by atoms with Gasteiger partial charge in [0.2, 0.25) is 5.91 Å². The predicted octanol–water partition coefficient (Wildman–Crippen LogP) is 2.51. The first-order valence-electron chi connectivity index (χ1n) is 10.4. The number of para-hydroxylation sites is 1. The maximum atomic E-state index is 12.7. The third kappa shape index (κ3) is 3.81. The number of carbonyl (C=O) groups is 1. The number of hydrogen-bond donors (Lipinski definition) is 0. The number of rotatable bonds is 5. The standard InChI is InChI=1S/C22H27N5O3/c1-15-19(16(2)30-24-15)9-10-20(28)26-13-11-17(12-14-26)21-23-25(3)22(29)27(21)18-7-5-4-6-8-18/h4-8,17H,9-14H2,1-3H3. The number of hydrogen-bond acceptors (Lipinski definition) is 5. The lowest BCUT2D eigenvalue weighted by molar-refractivity contribution is -0.132. The summed E-state index contributed by atoms with van der Waals surface area (Å²) in [4.78, 5) is 27.3. The lowest BCUT2D eigenvalue weighted by atomic mass is 9.95. The van der Waals surface area contributed by atoms with Crippen molar-refractivity contribution in [3.05, 3.63) is 63.7 Å². The molecule has 0 atom stereocenters. The van der Waals surface area contributed by atoms with Gasteiger partial charge in [-0.25, -0.2) is 14.0 Å². The van der Waals surface area contributed by atoms with Gasteiger partial charge in [-0.15, -0.1) is 0 Å². The van der Waals surface area contributed by atoms with Gasteiger partial charge in [-0.3, -0.25) is 4.79 Å². The zero-order valence-electron chi connectivity index (χ0n) is 17.7. The molecule has 8 nitrogen and oxygen atoms in total. The molecule has 1 fully saturated rings. The van der Waals surface area contributed by atoms with Gasteiger partial charge >= 0.3 is 5.69 Å². The van der Waals surface area contributed by atoms with E-state index in [0.29, 0.717) is 25.9 Å². The molecular weight excluding hydrogens is 382 g/mol. The van der Waals surface area contributed by atoms with E-state index in [1.54, 1.807) is 11.6 Å². The molecule has 0 radical (unpaired) electrons. The zero-order valence-corrected chi connectivity index (χ0v) is 17.7. The minimum absolute atomic E-state index is 0.144. The average Bonchev–Trinajstić information content (AvgIpc) is 3.25. The van der Waals surface area contributed by atoms with Crippen molar-refractivity contribution < 1.29 is 9.32 Å². The van der Waals surface area contributed by atoms with Crippen molar-refractivity contribution in [1.29, 1.82) is 0 Å². The molecule has 0 N–H and O–H groups in total.